The van der Waals surface area contributed by atoms with Crippen molar-refractivity contribution in [3.05, 3.63) is 41.5 Å². The highest BCUT2D eigenvalue weighted by molar-refractivity contribution is 5.31. The lowest BCUT2D eigenvalue weighted by molar-refractivity contribution is -0.165. The van der Waals surface area contributed by atoms with Gasteiger partial charge >= 0.3 is 0 Å². The van der Waals surface area contributed by atoms with Crippen LogP contribution in [0.15, 0.2) is 35.9 Å². The Morgan fingerprint density at radius 1 is 1.24 bits per heavy atom. The first-order chi connectivity index (χ1) is 9.99. The molecule has 1 aromatic rings. The van der Waals surface area contributed by atoms with E-state index in [2.05, 4.69) is 26.8 Å². The van der Waals surface area contributed by atoms with Gasteiger partial charge in [0.15, 0.2) is 0 Å². The van der Waals surface area contributed by atoms with Crippen LogP contribution in [-0.4, -0.2) is 23.4 Å². The third-order valence-corrected chi connectivity index (χ3v) is 5.76. The van der Waals surface area contributed by atoms with E-state index in [4.69, 9.17) is 4.74 Å². The van der Waals surface area contributed by atoms with Crippen LogP contribution in [0.25, 0.3) is 0 Å². The highest BCUT2D eigenvalue weighted by atomic mass is 16.5. The number of hydrogen-bond donors (Lipinski definition) is 2. The van der Waals surface area contributed by atoms with E-state index in [9.17, 15) is 10.2 Å². The number of hydrogen-bond acceptors (Lipinski definition) is 3. The average molecular weight is 288 g/mol. The van der Waals surface area contributed by atoms with Crippen molar-refractivity contribution in [3.8, 4) is 5.75 Å². The maximum Gasteiger partial charge on any atom is 0.115 e. The van der Waals surface area contributed by atoms with Crippen LogP contribution in [0.5, 0.6) is 5.75 Å². The number of benzene rings is 1. The van der Waals surface area contributed by atoms with Crippen molar-refractivity contribution in [2.24, 2.45) is 23.2 Å². The molecule has 0 aromatic heterocycles. The number of phenolic OH excluding ortho intramolecular Hbond substituents is 1. The first-order valence-corrected chi connectivity index (χ1v) is 7.69. The van der Waals surface area contributed by atoms with Gasteiger partial charge in [-0.05, 0) is 36.5 Å². The number of fused-ring (bicyclic) bond motifs is 2. The van der Waals surface area contributed by atoms with E-state index >= 15 is 0 Å². The van der Waals surface area contributed by atoms with Crippen molar-refractivity contribution < 1.29 is 14.9 Å². The van der Waals surface area contributed by atoms with Gasteiger partial charge in [0.25, 0.3) is 0 Å². The molecule has 0 spiro atoms. The SMILES string of the molecule is CC1=CC(C)[C@]2(CO)CO[C@H](c3ccc(O)cc3)[C@H]1C2C. The zero-order valence-electron chi connectivity index (χ0n) is 12.9. The lowest BCUT2D eigenvalue weighted by Gasteiger charge is -2.55. The maximum absolute atomic E-state index is 9.97. The molecular weight excluding hydrogens is 264 g/mol. The van der Waals surface area contributed by atoms with E-state index < -0.39 is 0 Å². The minimum absolute atomic E-state index is 0.00373. The van der Waals surface area contributed by atoms with Gasteiger partial charge in [0.1, 0.15) is 5.75 Å². The Hall–Kier alpha value is -1.32. The van der Waals surface area contributed by atoms with Crippen molar-refractivity contribution in [1.82, 2.24) is 0 Å². The third kappa shape index (κ3) is 2.11. The van der Waals surface area contributed by atoms with Gasteiger partial charge in [-0.1, -0.05) is 37.6 Å². The van der Waals surface area contributed by atoms with Crippen molar-refractivity contribution >= 4 is 0 Å². The molecule has 1 aliphatic heterocycles. The molecule has 2 aliphatic rings. The molecule has 2 unspecified atom stereocenters. The van der Waals surface area contributed by atoms with E-state index in [1.807, 2.05) is 12.1 Å². The monoisotopic (exact) mass is 288 g/mol. The van der Waals surface area contributed by atoms with E-state index in [1.165, 1.54) is 5.57 Å². The Balaban J connectivity index is 2.01. The van der Waals surface area contributed by atoms with Crippen LogP contribution in [-0.2, 0) is 4.74 Å². The predicted molar refractivity (Wildman–Crippen MR) is 81.9 cm³/mol. The second-order valence-corrected chi connectivity index (χ2v) is 6.73. The number of aliphatic hydroxyl groups excluding tert-OH is 1. The number of ether oxygens (including phenoxy) is 1. The fraction of sp³-hybridized carbons (Fsp3) is 0.556. The number of aromatic hydroxyl groups is 1. The Bertz CT molecular complexity index is 548. The Kier molecular flexibility index (Phi) is 3.58. The fourth-order valence-electron chi connectivity index (χ4n) is 4.25. The summed E-state index contributed by atoms with van der Waals surface area (Å²) in [5.41, 5.74) is 2.27. The molecule has 3 nitrogen and oxygen atoms in total. The summed E-state index contributed by atoms with van der Waals surface area (Å²) in [4.78, 5) is 0. The summed E-state index contributed by atoms with van der Waals surface area (Å²) in [5.74, 6) is 1.26. The Labute approximate surface area is 126 Å². The molecule has 1 saturated heterocycles. The molecule has 3 heteroatoms. The van der Waals surface area contributed by atoms with Crippen LogP contribution < -0.4 is 0 Å². The van der Waals surface area contributed by atoms with Crippen molar-refractivity contribution in [1.29, 1.82) is 0 Å². The first-order valence-electron chi connectivity index (χ1n) is 7.69. The number of rotatable bonds is 2. The summed E-state index contributed by atoms with van der Waals surface area (Å²) in [6, 6.07) is 7.29. The van der Waals surface area contributed by atoms with Gasteiger partial charge in [-0.3, -0.25) is 0 Å². The van der Waals surface area contributed by atoms with Gasteiger partial charge in [-0.25, -0.2) is 0 Å². The molecule has 0 radical (unpaired) electrons. The van der Waals surface area contributed by atoms with E-state index in [0.717, 1.165) is 5.56 Å². The van der Waals surface area contributed by atoms with Gasteiger partial charge in [-0.15, -0.1) is 0 Å². The normalized spacial score (nSPS) is 39.0. The summed E-state index contributed by atoms with van der Waals surface area (Å²) in [6.45, 7) is 7.33. The van der Waals surface area contributed by atoms with Crippen molar-refractivity contribution in [3.63, 3.8) is 0 Å². The lowest BCUT2D eigenvalue weighted by atomic mass is 9.56. The van der Waals surface area contributed by atoms with Crippen molar-refractivity contribution in [2.45, 2.75) is 26.9 Å². The largest absolute Gasteiger partial charge is 0.508 e. The molecule has 21 heavy (non-hydrogen) atoms. The molecule has 1 aliphatic carbocycles. The van der Waals surface area contributed by atoms with Gasteiger partial charge in [0.05, 0.1) is 19.3 Å². The zero-order chi connectivity index (χ0) is 15.2. The molecule has 2 bridgehead atoms. The highest BCUT2D eigenvalue weighted by Crippen LogP contribution is 2.55. The Morgan fingerprint density at radius 3 is 2.52 bits per heavy atom. The molecular formula is C18H24O3. The summed E-state index contributed by atoms with van der Waals surface area (Å²) >= 11 is 0. The van der Waals surface area contributed by atoms with E-state index in [1.54, 1.807) is 12.1 Å². The predicted octanol–water partition coefficient (Wildman–Crippen LogP) is 3.29. The van der Waals surface area contributed by atoms with E-state index in [0.29, 0.717) is 18.4 Å². The molecule has 0 amide bonds. The number of aliphatic hydroxyl groups is 1. The minimum Gasteiger partial charge on any atom is -0.508 e. The van der Waals surface area contributed by atoms with Crippen LogP contribution in [0.4, 0.5) is 0 Å². The smallest absolute Gasteiger partial charge is 0.115 e. The second-order valence-electron chi connectivity index (χ2n) is 6.73. The van der Waals surface area contributed by atoms with Crippen LogP contribution in [0.3, 0.4) is 0 Å². The number of phenols is 1. The van der Waals surface area contributed by atoms with E-state index in [-0.39, 0.29) is 29.8 Å². The van der Waals surface area contributed by atoms with Gasteiger partial charge in [0.2, 0.25) is 0 Å². The van der Waals surface area contributed by atoms with Gasteiger partial charge in [-0.2, -0.15) is 0 Å². The third-order valence-electron chi connectivity index (χ3n) is 5.76. The summed E-state index contributed by atoms with van der Waals surface area (Å²) in [6.07, 6.45) is 2.31. The molecule has 1 aromatic carbocycles. The van der Waals surface area contributed by atoms with Crippen molar-refractivity contribution in [2.75, 3.05) is 13.2 Å². The zero-order valence-corrected chi connectivity index (χ0v) is 12.9. The van der Waals surface area contributed by atoms with Gasteiger partial charge in [0, 0.05) is 11.3 Å². The van der Waals surface area contributed by atoms with Crippen LogP contribution in [0.2, 0.25) is 0 Å². The molecule has 0 saturated carbocycles. The molecule has 114 valence electrons. The average Bonchev–Trinajstić information content (AvgIpc) is 2.46. The summed E-state index contributed by atoms with van der Waals surface area (Å²) < 4.78 is 6.19. The Morgan fingerprint density at radius 2 is 1.90 bits per heavy atom. The molecule has 1 heterocycles. The van der Waals surface area contributed by atoms with Gasteiger partial charge < -0.3 is 14.9 Å². The molecule has 5 atom stereocenters. The fourth-order valence-corrected chi connectivity index (χ4v) is 4.25. The minimum atomic E-state index is -0.169. The molecule has 1 fully saturated rings. The standard InChI is InChI=1S/C18H24O3/c1-11-8-12(2)18(9-19)10-21-17(16(11)13(18)3)14-4-6-15(20)7-5-14/h4-8,12-13,16-17,19-20H,9-10H2,1-3H3/t12?,13?,16-,17-,18+/m1/s1. The summed E-state index contributed by atoms with van der Waals surface area (Å²) in [5, 5.41) is 19.4. The van der Waals surface area contributed by atoms with Crippen LogP contribution >= 0.6 is 0 Å². The number of allylic oxidation sites excluding steroid dienone is 1. The summed E-state index contributed by atoms with van der Waals surface area (Å²) in [7, 11) is 0. The van der Waals surface area contributed by atoms with Crippen LogP contribution in [0.1, 0.15) is 32.4 Å². The second kappa shape index (κ2) is 5.15. The lowest BCUT2D eigenvalue weighted by Crippen LogP contribution is -2.53. The first kappa shape index (κ1) is 14.6. The topological polar surface area (TPSA) is 49.7 Å². The van der Waals surface area contributed by atoms with Crippen LogP contribution in [0, 0.1) is 23.2 Å². The quantitative estimate of drug-likeness (QED) is 0.821. The highest BCUT2D eigenvalue weighted by Gasteiger charge is 2.53. The molecule has 2 N–H and O–H groups in total. The maximum atomic E-state index is 9.97. The molecule has 3 rings (SSSR count).